The first-order valence-electron chi connectivity index (χ1n) is 12.3. The number of rotatable bonds is 11. The molecule has 3 rings (SSSR count). The molecule has 0 saturated carbocycles. The van der Waals surface area contributed by atoms with Crippen molar-refractivity contribution in [3.63, 3.8) is 0 Å². The third kappa shape index (κ3) is 7.58. The number of carbonyl (C=O) groups excluding carboxylic acids is 1. The summed E-state index contributed by atoms with van der Waals surface area (Å²) in [5, 5.41) is 12.6. The molecule has 2 N–H and O–H groups in total. The van der Waals surface area contributed by atoms with Gasteiger partial charge >= 0.3 is 5.97 Å². The Morgan fingerprint density at radius 2 is 1.94 bits per heavy atom. The second-order valence-electron chi connectivity index (χ2n) is 9.38. The monoisotopic (exact) mass is 520 g/mol. The van der Waals surface area contributed by atoms with E-state index in [1.807, 2.05) is 6.07 Å². The molecule has 2 aromatic rings. The topological polar surface area (TPSA) is 88.1 Å². The Kier molecular flexibility index (Phi) is 9.96. The molecule has 1 atom stereocenters. The molecule has 2 aromatic carbocycles. The number of carboxylic acid groups (broad SMARTS) is 1. The van der Waals surface area contributed by atoms with Crippen molar-refractivity contribution < 1.29 is 28.6 Å². The first kappa shape index (κ1) is 27.7. The van der Waals surface area contributed by atoms with Crippen LogP contribution >= 0.6 is 11.6 Å². The molecule has 0 radical (unpaired) electrons. The minimum Gasteiger partial charge on any atom is -0.479 e. The summed E-state index contributed by atoms with van der Waals surface area (Å²) in [5.41, 5.74) is 1.52. The lowest BCUT2D eigenvalue weighted by Gasteiger charge is -2.38. The van der Waals surface area contributed by atoms with E-state index in [9.17, 15) is 19.1 Å². The van der Waals surface area contributed by atoms with Crippen molar-refractivity contribution in [3.05, 3.63) is 52.8 Å². The van der Waals surface area contributed by atoms with Crippen molar-refractivity contribution in [1.29, 1.82) is 0 Å². The maximum atomic E-state index is 14.3. The predicted molar refractivity (Wildman–Crippen MR) is 139 cm³/mol. The van der Waals surface area contributed by atoms with Crippen LogP contribution in [0, 0.1) is 11.7 Å². The fourth-order valence-corrected chi connectivity index (χ4v) is 4.44. The number of hydrogen-bond acceptors (Lipinski definition) is 5. The van der Waals surface area contributed by atoms with Crippen molar-refractivity contribution in [2.45, 2.75) is 58.6 Å². The number of benzene rings is 2. The maximum Gasteiger partial charge on any atom is 0.344 e. The van der Waals surface area contributed by atoms with E-state index < -0.39 is 23.8 Å². The van der Waals surface area contributed by atoms with Crippen molar-refractivity contribution in [2.24, 2.45) is 5.92 Å². The molecule has 0 bridgehead atoms. The van der Waals surface area contributed by atoms with Crippen molar-refractivity contribution in [1.82, 2.24) is 0 Å². The first-order chi connectivity index (χ1) is 17.2. The minimum absolute atomic E-state index is 0.179. The fraction of sp³-hybridized carbons (Fsp3) is 0.481. The molecule has 1 amide bonds. The molecule has 0 aromatic heterocycles. The predicted octanol–water partition coefficient (Wildman–Crippen LogP) is 5.54. The molecule has 1 unspecified atom stereocenters. The SMILES string of the molecule is CCC(Oc1ccc(N(CC(C)C)C2CCOCC2)c(NC(=O)Cc2ccc(Cl)cc2F)c1)C(=O)O. The highest BCUT2D eigenvalue weighted by Gasteiger charge is 2.26. The number of ether oxygens (including phenoxy) is 2. The number of anilines is 2. The van der Waals surface area contributed by atoms with Gasteiger partial charge in [0.2, 0.25) is 5.91 Å². The number of amides is 1. The number of carbonyl (C=O) groups is 2. The molecular weight excluding hydrogens is 487 g/mol. The molecule has 1 aliphatic rings. The van der Waals surface area contributed by atoms with Crippen molar-refractivity contribution in [2.75, 3.05) is 30.0 Å². The molecule has 0 spiro atoms. The van der Waals surface area contributed by atoms with Gasteiger partial charge < -0.3 is 24.8 Å². The van der Waals surface area contributed by atoms with E-state index in [0.717, 1.165) is 25.1 Å². The molecule has 1 saturated heterocycles. The molecule has 9 heteroatoms. The van der Waals surface area contributed by atoms with E-state index >= 15 is 0 Å². The number of halogens is 2. The summed E-state index contributed by atoms with van der Waals surface area (Å²) in [4.78, 5) is 26.8. The van der Waals surface area contributed by atoms with Gasteiger partial charge in [-0.2, -0.15) is 0 Å². The highest BCUT2D eigenvalue weighted by molar-refractivity contribution is 6.30. The van der Waals surface area contributed by atoms with Crippen LogP contribution in [0.25, 0.3) is 0 Å². The number of carboxylic acids is 1. The molecule has 1 fully saturated rings. The summed E-state index contributed by atoms with van der Waals surface area (Å²) in [7, 11) is 0. The van der Waals surface area contributed by atoms with E-state index in [1.165, 1.54) is 12.1 Å². The second kappa shape index (κ2) is 12.9. The van der Waals surface area contributed by atoms with Crippen LogP contribution < -0.4 is 15.0 Å². The lowest BCUT2D eigenvalue weighted by Crippen LogP contribution is -2.42. The highest BCUT2D eigenvalue weighted by atomic mass is 35.5. The van der Waals surface area contributed by atoms with Crippen LogP contribution in [0.5, 0.6) is 5.75 Å². The van der Waals surface area contributed by atoms with Gasteiger partial charge in [-0.25, -0.2) is 9.18 Å². The third-order valence-corrected chi connectivity index (χ3v) is 6.27. The fourth-order valence-electron chi connectivity index (χ4n) is 4.28. The number of aliphatic carboxylic acids is 1. The molecule has 36 heavy (non-hydrogen) atoms. The van der Waals surface area contributed by atoms with Crippen LogP contribution in [0.2, 0.25) is 5.02 Å². The Labute approximate surface area is 216 Å². The van der Waals surface area contributed by atoms with Gasteiger partial charge in [-0.05, 0) is 55.0 Å². The van der Waals surface area contributed by atoms with Crippen LogP contribution in [0.15, 0.2) is 36.4 Å². The van der Waals surface area contributed by atoms with Gasteiger partial charge in [-0.3, -0.25) is 4.79 Å². The molecule has 1 heterocycles. The van der Waals surface area contributed by atoms with Gasteiger partial charge in [0, 0.05) is 36.9 Å². The zero-order valence-corrected chi connectivity index (χ0v) is 21.7. The smallest absolute Gasteiger partial charge is 0.344 e. The van der Waals surface area contributed by atoms with Crippen LogP contribution in [0.4, 0.5) is 15.8 Å². The van der Waals surface area contributed by atoms with Crippen LogP contribution in [0.3, 0.4) is 0 Å². The molecule has 0 aliphatic carbocycles. The number of hydrogen-bond donors (Lipinski definition) is 2. The Hall–Kier alpha value is -2.84. The second-order valence-corrected chi connectivity index (χ2v) is 9.82. The van der Waals surface area contributed by atoms with E-state index in [2.05, 4.69) is 24.1 Å². The van der Waals surface area contributed by atoms with Gasteiger partial charge in [-0.15, -0.1) is 0 Å². The summed E-state index contributed by atoms with van der Waals surface area (Å²) >= 11 is 5.84. The maximum absolute atomic E-state index is 14.3. The zero-order valence-electron chi connectivity index (χ0n) is 20.9. The first-order valence-corrected chi connectivity index (χ1v) is 12.7. The molecule has 196 valence electrons. The van der Waals surface area contributed by atoms with Gasteiger partial charge in [0.1, 0.15) is 11.6 Å². The molecular formula is C27H34ClFN2O5. The largest absolute Gasteiger partial charge is 0.479 e. The van der Waals surface area contributed by atoms with Gasteiger partial charge in [0.25, 0.3) is 0 Å². The minimum atomic E-state index is -1.06. The van der Waals surface area contributed by atoms with Gasteiger partial charge in [0.05, 0.1) is 17.8 Å². The Morgan fingerprint density at radius 1 is 1.22 bits per heavy atom. The average molecular weight is 521 g/mol. The standard InChI is InChI=1S/C27H34ClFN2O5/c1-4-25(27(33)34)36-21-7-8-24(31(16-17(2)3)20-9-11-35-12-10-20)23(15-21)30-26(32)13-18-5-6-19(28)14-22(18)29/h5-8,14-15,17,20,25H,4,9-13,16H2,1-3H3,(H,30,32)(H,33,34). The molecule has 7 nitrogen and oxygen atoms in total. The Bertz CT molecular complexity index is 1060. The van der Waals surface area contributed by atoms with Gasteiger partial charge in [-0.1, -0.05) is 38.4 Å². The Morgan fingerprint density at radius 3 is 2.56 bits per heavy atom. The van der Waals surface area contributed by atoms with E-state index in [-0.39, 0.29) is 29.5 Å². The Balaban J connectivity index is 1.95. The number of nitrogens with zero attached hydrogens (tertiary/aromatic N) is 1. The van der Waals surface area contributed by atoms with Gasteiger partial charge in [0.15, 0.2) is 6.10 Å². The summed E-state index contributed by atoms with van der Waals surface area (Å²) in [6.45, 7) is 8.07. The van der Waals surface area contributed by atoms with E-state index in [1.54, 1.807) is 25.1 Å². The normalized spacial score (nSPS) is 14.9. The van der Waals surface area contributed by atoms with Crippen LogP contribution in [-0.2, 0) is 20.7 Å². The van der Waals surface area contributed by atoms with Crippen molar-refractivity contribution in [3.8, 4) is 5.75 Å². The summed E-state index contributed by atoms with van der Waals surface area (Å²) < 4.78 is 25.6. The average Bonchev–Trinajstić information content (AvgIpc) is 2.83. The summed E-state index contributed by atoms with van der Waals surface area (Å²) in [5.74, 6) is -1.33. The lowest BCUT2D eigenvalue weighted by molar-refractivity contribution is -0.145. The third-order valence-electron chi connectivity index (χ3n) is 6.04. The summed E-state index contributed by atoms with van der Waals surface area (Å²) in [6.07, 6.45) is 0.804. The lowest BCUT2D eigenvalue weighted by atomic mass is 10.0. The number of nitrogens with one attached hydrogen (secondary N) is 1. The zero-order chi connectivity index (χ0) is 26.2. The molecule has 1 aliphatic heterocycles. The van der Waals surface area contributed by atoms with E-state index in [4.69, 9.17) is 21.1 Å². The highest BCUT2D eigenvalue weighted by Crippen LogP contribution is 2.35. The van der Waals surface area contributed by atoms with Crippen LogP contribution in [0.1, 0.15) is 45.6 Å². The van der Waals surface area contributed by atoms with Crippen LogP contribution in [-0.4, -0.2) is 48.9 Å². The van der Waals surface area contributed by atoms with Crippen molar-refractivity contribution >= 4 is 34.9 Å². The summed E-state index contributed by atoms with van der Waals surface area (Å²) in [6, 6.07) is 9.64. The van der Waals surface area contributed by atoms with E-state index in [0.29, 0.717) is 30.6 Å². The quantitative estimate of drug-likeness (QED) is 0.404.